The molecule has 0 radical (unpaired) electrons. The highest BCUT2D eigenvalue weighted by Crippen LogP contribution is 2.41. The van der Waals surface area contributed by atoms with E-state index in [4.69, 9.17) is 27.1 Å². The quantitative estimate of drug-likeness (QED) is 0.0437. The largest absolute Gasteiger partial charge is 0.543 e. The number of carboxylic acids is 2. The van der Waals surface area contributed by atoms with Gasteiger partial charge in [-0.2, -0.15) is 0 Å². The van der Waals surface area contributed by atoms with Gasteiger partial charge in [-0.3, -0.25) is 19.3 Å². The highest BCUT2D eigenvalue weighted by Gasteiger charge is 2.53. The predicted molar refractivity (Wildman–Crippen MR) is 153 cm³/mol. The van der Waals surface area contributed by atoms with E-state index in [0.29, 0.717) is 23.0 Å². The average Bonchev–Trinajstić information content (AvgIpc) is 3.35. The molecule has 2 aliphatic heterocycles. The fraction of sp³-hybridized carbons (Fsp3) is 0.391. The van der Waals surface area contributed by atoms with Crippen LogP contribution in [0.5, 0.6) is 0 Å². The Morgan fingerprint density at radius 3 is 2.69 bits per heavy atom. The third-order valence-corrected chi connectivity index (χ3v) is 9.10. The summed E-state index contributed by atoms with van der Waals surface area (Å²) in [6.45, 7) is 3.86. The highest BCUT2D eigenvalue weighted by atomic mass is 32.2. The Balaban J connectivity index is 1.49. The minimum Gasteiger partial charge on any atom is -0.543 e. The first-order chi connectivity index (χ1) is 19.9. The van der Waals surface area contributed by atoms with Crippen LogP contribution in [0.1, 0.15) is 26.0 Å². The smallest absolute Gasteiger partial charge is 0.346 e. The van der Waals surface area contributed by atoms with Crippen molar-refractivity contribution in [2.75, 3.05) is 28.7 Å². The topological polar surface area (TPSA) is 256 Å². The van der Waals surface area contributed by atoms with Gasteiger partial charge in [0.1, 0.15) is 23.2 Å². The average molecular weight is 638 g/mol. The summed E-state index contributed by atoms with van der Waals surface area (Å²) in [5.74, 6) is -3.10. The molecule has 0 bridgehead atoms. The summed E-state index contributed by atoms with van der Waals surface area (Å²) in [6.07, 6.45) is -1.24. The van der Waals surface area contributed by atoms with Crippen molar-refractivity contribution >= 4 is 81.2 Å². The Morgan fingerprint density at radius 2 is 2.10 bits per heavy atom. The van der Waals surface area contributed by atoms with Gasteiger partial charge in [-0.15, -0.1) is 28.1 Å². The molecule has 8 N–H and O–H groups in total. The maximum absolute atomic E-state index is 13.2. The number of thiazole rings is 1. The van der Waals surface area contributed by atoms with E-state index < -0.39 is 41.3 Å². The van der Waals surface area contributed by atoms with Crippen LogP contribution in [0.4, 0.5) is 16.9 Å². The SMILES string of the molecule is CC[n+]1c(N)cc(SCC2=C(C(=O)[O-])N3C(=O)[C@@H](NC(=O)/C(=N\OC(C)CC(=O)O)c4csc(N)n4)[C@H]3SC2)nc1N. The third kappa shape index (κ3) is 6.52. The van der Waals surface area contributed by atoms with Crippen LogP contribution < -0.4 is 32.2 Å². The van der Waals surface area contributed by atoms with Gasteiger partial charge in [-0.25, -0.2) is 9.55 Å². The molecule has 19 heteroatoms. The van der Waals surface area contributed by atoms with E-state index in [0.717, 1.165) is 16.2 Å². The molecule has 1 saturated heterocycles. The summed E-state index contributed by atoms with van der Waals surface area (Å²) >= 11 is 3.52. The lowest BCUT2D eigenvalue weighted by atomic mass is 10.0. The number of carbonyl (C=O) groups excluding carboxylic acids is 3. The number of hydrogen-bond donors (Lipinski definition) is 5. The molecule has 0 aliphatic carbocycles. The number of nitrogens with two attached hydrogens (primary N) is 3. The standard InChI is InChI=1S/C23H27N9O7S3/c1-3-31-12(24)5-13(28-22(31)25)40-6-10-7-41-20-16(19(36)32(20)17(10)21(37)38)29-18(35)15(11-8-42-23(26)27-11)30-39-9(2)4-14(33)34/h5,8-9,16,20H,3-4,6-7H2,1-2H3,(H8,24,25,26,27,28,29,33,34,35,37,38)/b30-15-/t9?,16-,20-/m1/s1. The van der Waals surface area contributed by atoms with Crippen molar-refractivity contribution in [2.45, 2.75) is 49.4 Å². The summed E-state index contributed by atoms with van der Waals surface area (Å²) in [6, 6.07) is 0.549. The molecule has 4 rings (SSSR count). The Labute approximate surface area is 251 Å². The van der Waals surface area contributed by atoms with E-state index in [9.17, 15) is 24.3 Å². The Morgan fingerprint density at radius 1 is 1.36 bits per heavy atom. The molecule has 2 amide bonds. The number of aromatic nitrogens is 3. The van der Waals surface area contributed by atoms with Gasteiger partial charge in [0.15, 0.2) is 21.7 Å². The summed E-state index contributed by atoms with van der Waals surface area (Å²) in [7, 11) is 0. The second-order valence-corrected chi connectivity index (χ2v) is 12.0. The molecule has 1 unspecified atom stereocenters. The van der Waals surface area contributed by atoms with Crippen molar-refractivity contribution < 1.29 is 38.8 Å². The number of nitrogens with one attached hydrogen (secondary N) is 1. The van der Waals surface area contributed by atoms with Crippen molar-refractivity contribution in [3.63, 3.8) is 0 Å². The third-order valence-electron chi connectivity index (χ3n) is 6.09. The van der Waals surface area contributed by atoms with Crippen LogP contribution in [0, 0.1) is 0 Å². The summed E-state index contributed by atoms with van der Waals surface area (Å²) in [5, 5.41) is 28.8. The number of fused-ring (bicyclic) bond motifs is 1. The van der Waals surface area contributed by atoms with E-state index in [1.807, 2.05) is 6.92 Å². The Hall–Kier alpha value is -4.10. The molecular weight excluding hydrogens is 611 g/mol. The van der Waals surface area contributed by atoms with E-state index in [-0.39, 0.29) is 46.1 Å². The first-order valence-electron chi connectivity index (χ1n) is 12.4. The minimum absolute atomic E-state index is 0.0623. The van der Waals surface area contributed by atoms with Crippen molar-refractivity contribution in [3.05, 3.63) is 28.4 Å². The zero-order chi connectivity index (χ0) is 30.7. The maximum Gasteiger partial charge on any atom is 0.346 e. The lowest BCUT2D eigenvalue weighted by Crippen LogP contribution is -2.71. The van der Waals surface area contributed by atoms with E-state index in [1.165, 1.54) is 35.8 Å². The second kappa shape index (κ2) is 12.8. The van der Waals surface area contributed by atoms with Gasteiger partial charge in [0.25, 0.3) is 11.8 Å². The number of nitrogen functional groups attached to an aromatic ring is 3. The van der Waals surface area contributed by atoms with E-state index in [1.54, 1.807) is 10.6 Å². The number of hydrogen-bond acceptors (Lipinski definition) is 15. The van der Waals surface area contributed by atoms with Crippen molar-refractivity contribution in [1.29, 1.82) is 0 Å². The van der Waals surface area contributed by atoms with Gasteiger partial charge in [0.05, 0.1) is 24.6 Å². The number of nitrogens with zero attached hydrogens (tertiary/aromatic N) is 5. The number of anilines is 3. The number of carboxylic acid groups (broad SMARTS) is 2. The zero-order valence-corrected chi connectivity index (χ0v) is 24.8. The fourth-order valence-electron chi connectivity index (χ4n) is 4.14. The predicted octanol–water partition coefficient (Wildman–Crippen LogP) is -1.63. The number of carbonyl (C=O) groups is 4. The van der Waals surface area contributed by atoms with Crippen LogP contribution in [-0.2, 0) is 30.6 Å². The Kier molecular flexibility index (Phi) is 9.42. The summed E-state index contributed by atoms with van der Waals surface area (Å²) in [4.78, 5) is 63.9. The summed E-state index contributed by atoms with van der Waals surface area (Å²) in [5.41, 5.74) is 17.6. The fourth-order valence-corrected chi connectivity index (χ4v) is 7.09. The van der Waals surface area contributed by atoms with E-state index >= 15 is 0 Å². The lowest BCUT2D eigenvalue weighted by molar-refractivity contribution is -0.667. The number of amides is 2. The zero-order valence-electron chi connectivity index (χ0n) is 22.3. The molecule has 0 saturated carbocycles. The number of oxime groups is 1. The molecule has 0 spiro atoms. The molecule has 2 aromatic rings. The van der Waals surface area contributed by atoms with Crippen LogP contribution in [0.15, 0.2) is 32.9 Å². The molecule has 3 atom stereocenters. The number of rotatable bonds is 12. The van der Waals surface area contributed by atoms with Crippen LogP contribution in [-0.4, -0.2) is 78.5 Å². The number of aliphatic carboxylic acids is 2. The molecular formula is C23H27N9O7S3. The molecule has 4 heterocycles. The molecule has 1 fully saturated rings. The molecule has 2 aromatic heterocycles. The van der Waals surface area contributed by atoms with Crippen LogP contribution in [0.3, 0.4) is 0 Å². The minimum atomic E-state index is -1.53. The number of β-lactam (4-membered cyclic amide) rings is 1. The monoisotopic (exact) mass is 637 g/mol. The first-order valence-corrected chi connectivity index (χ1v) is 15.3. The van der Waals surface area contributed by atoms with Crippen molar-refractivity contribution in [2.24, 2.45) is 5.16 Å². The van der Waals surface area contributed by atoms with Gasteiger partial charge in [0.2, 0.25) is 0 Å². The lowest BCUT2D eigenvalue weighted by Gasteiger charge is -2.50. The Bertz CT molecular complexity index is 1470. The molecule has 2 aliphatic rings. The van der Waals surface area contributed by atoms with Gasteiger partial charge < -0.3 is 42.4 Å². The molecule has 42 heavy (non-hydrogen) atoms. The number of thioether (sulfide) groups is 2. The van der Waals surface area contributed by atoms with Gasteiger partial charge in [-0.05, 0) is 19.4 Å². The van der Waals surface area contributed by atoms with Gasteiger partial charge in [0, 0.05) is 23.0 Å². The van der Waals surface area contributed by atoms with Crippen molar-refractivity contribution in [1.82, 2.24) is 20.2 Å². The van der Waals surface area contributed by atoms with Crippen LogP contribution in [0.25, 0.3) is 0 Å². The molecule has 16 nitrogen and oxygen atoms in total. The van der Waals surface area contributed by atoms with Crippen LogP contribution >= 0.6 is 34.9 Å². The van der Waals surface area contributed by atoms with Crippen LogP contribution in [0.2, 0.25) is 0 Å². The van der Waals surface area contributed by atoms with E-state index in [2.05, 4.69) is 20.4 Å². The second-order valence-electron chi connectivity index (χ2n) is 9.04. The normalized spacial score (nSPS) is 19.1. The molecule has 0 aromatic carbocycles. The molecule has 224 valence electrons. The first kappa shape index (κ1) is 30.8. The maximum atomic E-state index is 13.2. The summed E-state index contributed by atoms with van der Waals surface area (Å²) < 4.78 is 1.62. The highest BCUT2D eigenvalue weighted by molar-refractivity contribution is 8.01. The van der Waals surface area contributed by atoms with Crippen molar-refractivity contribution in [3.8, 4) is 0 Å². The van der Waals surface area contributed by atoms with Gasteiger partial charge in [-0.1, -0.05) is 16.9 Å². The van der Waals surface area contributed by atoms with Gasteiger partial charge >= 0.3 is 11.9 Å².